The lowest BCUT2D eigenvalue weighted by Gasteiger charge is -2.02. The monoisotopic (exact) mass is 342 g/mol. The molecule has 0 aliphatic carbocycles. The zero-order valence-electron chi connectivity index (χ0n) is 12.9. The maximum atomic E-state index is 12.0. The first kappa shape index (κ1) is 16.0. The average Bonchev–Trinajstić information content (AvgIpc) is 3.19. The molecule has 1 amide bonds. The van der Waals surface area contributed by atoms with Crippen molar-refractivity contribution in [2.75, 3.05) is 0 Å². The molecule has 0 aliphatic rings. The fraction of sp³-hybridized carbons (Fsp3) is 0.118. The molecule has 0 radical (unpaired) electrons. The number of nitrogens with one attached hydrogen (secondary N) is 1. The SMILES string of the molecule is Cc1ccc(C=NNC(=O)c2ccn(Cc3ccc(Cl)cc3)n2)o1. The first-order chi connectivity index (χ1) is 11.6. The van der Waals surface area contributed by atoms with Crippen LogP contribution in [0.4, 0.5) is 0 Å². The summed E-state index contributed by atoms with van der Waals surface area (Å²) in [6.07, 6.45) is 3.18. The minimum Gasteiger partial charge on any atom is -0.460 e. The molecule has 0 fully saturated rings. The molecule has 0 aliphatic heterocycles. The number of benzene rings is 1. The third-order valence-corrected chi connectivity index (χ3v) is 3.50. The highest BCUT2D eigenvalue weighted by Crippen LogP contribution is 2.10. The topological polar surface area (TPSA) is 72.4 Å². The number of nitrogens with zero attached hydrogens (tertiary/aromatic N) is 3. The molecule has 6 nitrogen and oxygen atoms in total. The third kappa shape index (κ3) is 4.11. The zero-order chi connectivity index (χ0) is 16.9. The number of amides is 1. The molecule has 3 aromatic rings. The van der Waals surface area contributed by atoms with Crippen molar-refractivity contribution < 1.29 is 9.21 Å². The van der Waals surface area contributed by atoms with E-state index >= 15 is 0 Å². The number of carbonyl (C=O) groups is 1. The van der Waals surface area contributed by atoms with Gasteiger partial charge in [-0.15, -0.1) is 0 Å². The minimum atomic E-state index is -0.385. The quantitative estimate of drug-likeness (QED) is 0.571. The first-order valence-electron chi connectivity index (χ1n) is 7.28. The third-order valence-electron chi connectivity index (χ3n) is 3.25. The molecule has 0 saturated carbocycles. The Kier molecular flexibility index (Phi) is 4.77. The van der Waals surface area contributed by atoms with Crippen LogP contribution in [0.15, 0.2) is 58.2 Å². The molecule has 0 unspecified atom stereocenters. The van der Waals surface area contributed by atoms with Crippen molar-refractivity contribution >= 4 is 23.7 Å². The van der Waals surface area contributed by atoms with Gasteiger partial charge in [-0.25, -0.2) is 5.43 Å². The van der Waals surface area contributed by atoms with E-state index in [4.69, 9.17) is 16.0 Å². The second-order valence-electron chi connectivity index (χ2n) is 5.17. The second kappa shape index (κ2) is 7.14. The van der Waals surface area contributed by atoms with Crippen LogP contribution in [0.5, 0.6) is 0 Å². The van der Waals surface area contributed by atoms with E-state index < -0.39 is 0 Å². The Balaban J connectivity index is 1.59. The van der Waals surface area contributed by atoms with Crippen LogP contribution in [0.2, 0.25) is 5.02 Å². The van der Waals surface area contributed by atoms with Crippen LogP contribution in [0.1, 0.15) is 27.6 Å². The van der Waals surface area contributed by atoms with Gasteiger partial charge in [0.1, 0.15) is 11.5 Å². The number of carbonyl (C=O) groups excluding carboxylic acids is 1. The Morgan fingerprint density at radius 2 is 2.08 bits per heavy atom. The lowest BCUT2D eigenvalue weighted by Crippen LogP contribution is -2.18. The van der Waals surface area contributed by atoms with Crippen LogP contribution in [-0.2, 0) is 6.54 Å². The maximum Gasteiger partial charge on any atom is 0.291 e. The number of rotatable bonds is 5. The molecule has 0 spiro atoms. The summed E-state index contributed by atoms with van der Waals surface area (Å²) in [7, 11) is 0. The summed E-state index contributed by atoms with van der Waals surface area (Å²) in [5.41, 5.74) is 3.75. The number of halogens is 1. The van der Waals surface area contributed by atoms with Crippen LogP contribution in [0, 0.1) is 6.92 Å². The van der Waals surface area contributed by atoms with Gasteiger partial charge in [0.15, 0.2) is 5.69 Å². The van der Waals surface area contributed by atoms with Gasteiger partial charge < -0.3 is 4.42 Å². The van der Waals surface area contributed by atoms with Gasteiger partial charge in [0.05, 0.1) is 12.8 Å². The predicted octanol–water partition coefficient (Wildman–Crippen LogP) is 3.25. The second-order valence-corrected chi connectivity index (χ2v) is 5.61. The van der Waals surface area contributed by atoms with Gasteiger partial charge in [0.2, 0.25) is 0 Å². The predicted molar refractivity (Wildman–Crippen MR) is 91.3 cm³/mol. The molecule has 2 heterocycles. The standard InChI is InChI=1S/C17H15ClN4O2/c1-12-2-7-15(24-12)10-19-20-17(23)16-8-9-22(21-16)11-13-3-5-14(18)6-4-13/h2-10H,11H2,1H3,(H,20,23). The number of aromatic nitrogens is 2. The number of furan rings is 1. The molecule has 0 bridgehead atoms. The van der Waals surface area contributed by atoms with Gasteiger partial charge in [-0.05, 0) is 42.8 Å². The van der Waals surface area contributed by atoms with Crippen molar-refractivity contribution in [1.29, 1.82) is 0 Å². The van der Waals surface area contributed by atoms with E-state index in [9.17, 15) is 4.79 Å². The summed E-state index contributed by atoms with van der Waals surface area (Å²) >= 11 is 5.86. The normalized spacial score (nSPS) is 11.1. The Morgan fingerprint density at radius 3 is 2.79 bits per heavy atom. The van der Waals surface area contributed by atoms with Crippen LogP contribution >= 0.6 is 11.6 Å². The van der Waals surface area contributed by atoms with E-state index in [-0.39, 0.29) is 11.6 Å². The zero-order valence-corrected chi connectivity index (χ0v) is 13.7. The summed E-state index contributed by atoms with van der Waals surface area (Å²) in [5.74, 6) is 0.967. The van der Waals surface area contributed by atoms with Crippen molar-refractivity contribution in [2.45, 2.75) is 13.5 Å². The largest absolute Gasteiger partial charge is 0.460 e. The van der Waals surface area contributed by atoms with Gasteiger partial charge in [-0.2, -0.15) is 10.2 Å². The van der Waals surface area contributed by atoms with Crippen LogP contribution < -0.4 is 5.43 Å². The fourth-order valence-corrected chi connectivity index (χ4v) is 2.21. The van der Waals surface area contributed by atoms with Gasteiger partial charge in [-0.3, -0.25) is 9.48 Å². The molecule has 24 heavy (non-hydrogen) atoms. The Morgan fingerprint density at radius 1 is 1.29 bits per heavy atom. The van der Waals surface area contributed by atoms with Crippen LogP contribution in [-0.4, -0.2) is 21.9 Å². The van der Waals surface area contributed by atoms with Crippen LogP contribution in [0.3, 0.4) is 0 Å². The van der Waals surface area contributed by atoms with Gasteiger partial charge in [0.25, 0.3) is 5.91 Å². The van der Waals surface area contributed by atoms with Crippen LogP contribution in [0.25, 0.3) is 0 Å². The van der Waals surface area contributed by atoms with E-state index in [1.165, 1.54) is 6.21 Å². The minimum absolute atomic E-state index is 0.289. The van der Waals surface area contributed by atoms with Gasteiger partial charge in [0, 0.05) is 11.2 Å². The van der Waals surface area contributed by atoms with Crippen molar-refractivity contribution in [1.82, 2.24) is 15.2 Å². The molecule has 2 aromatic heterocycles. The van der Waals surface area contributed by atoms with E-state index in [0.717, 1.165) is 11.3 Å². The average molecular weight is 343 g/mol. The highest BCUT2D eigenvalue weighted by atomic mass is 35.5. The van der Waals surface area contributed by atoms with E-state index in [0.29, 0.717) is 17.3 Å². The van der Waals surface area contributed by atoms with Crippen molar-refractivity contribution in [3.63, 3.8) is 0 Å². The molecule has 1 N–H and O–H groups in total. The molecule has 122 valence electrons. The molecular weight excluding hydrogens is 328 g/mol. The van der Waals surface area contributed by atoms with Crippen molar-refractivity contribution in [2.24, 2.45) is 5.10 Å². The number of hydrogen-bond donors (Lipinski definition) is 1. The molecule has 0 atom stereocenters. The first-order valence-corrected chi connectivity index (χ1v) is 7.66. The van der Waals surface area contributed by atoms with Gasteiger partial charge >= 0.3 is 0 Å². The Labute approximate surface area is 143 Å². The summed E-state index contributed by atoms with van der Waals surface area (Å²) in [6.45, 7) is 2.39. The number of hydrogen-bond acceptors (Lipinski definition) is 4. The summed E-state index contributed by atoms with van der Waals surface area (Å²) in [5, 5.41) is 8.77. The lowest BCUT2D eigenvalue weighted by atomic mass is 10.2. The highest BCUT2D eigenvalue weighted by Gasteiger charge is 2.08. The number of hydrazone groups is 1. The Hall–Kier alpha value is -2.86. The molecule has 1 aromatic carbocycles. The van der Waals surface area contributed by atoms with E-state index in [2.05, 4.69) is 15.6 Å². The van der Waals surface area contributed by atoms with Crippen molar-refractivity contribution in [3.8, 4) is 0 Å². The Bertz CT molecular complexity index is 865. The molecular formula is C17H15ClN4O2. The summed E-state index contributed by atoms with van der Waals surface area (Å²) in [4.78, 5) is 12.0. The summed E-state index contributed by atoms with van der Waals surface area (Å²) < 4.78 is 7.00. The number of aryl methyl sites for hydroxylation is 1. The molecule has 0 saturated heterocycles. The van der Waals surface area contributed by atoms with E-state index in [1.54, 1.807) is 23.0 Å². The van der Waals surface area contributed by atoms with E-state index in [1.807, 2.05) is 37.3 Å². The maximum absolute atomic E-state index is 12.0. The fourth-order valence-electron chi connectivity index (χ4n) is 2.08. The smallest absolute Gasteiger partial charge is 0.291 e. The van der Waals surface area contributed by atoms with Gasteiger partial charge in [-0.1, -0.05) is 23.7 Å². The van der Waals surface area contributed by atoms with Crippen molar-refractivity contribution in [3.05, 3.63) is 76.5 Å². The molecule has 7 heteroatoms. The highest BCUT2D eigenvalue weighted by molar-refractivity contribution is 6.30. The lowest BCUT2D eigenvalue weighted by molar-refractivity contribution is 0.0949. The summed E-state index contributed by atoms with van der Waals surface area (Å²) in [6, 6.07) is 12.7. The molecule has 3 rings (SSSR count).